The lowest BCUT2D eigenvalue weighted by molar-refractivity contribution is -0.113. The van der Waals surface area contributed by atoms with E-state index in [1.54, 1.807) is 11.3 Å². The Kier molecular flexibility index (Phi) is 8.08. The smallest absolute Gasteiger partial charge is 0.234 e. The van der Waals surface area contributed by atoms with Crippen molar-refractivity contribution in [2.75, 3.05) is 11.1 Å². The van der Waals surface area contributed by atoms with Gasteiger partial charge in [0.15, 0.2) is 11.0 Å². The van der Waals surface area contributed by atoms with Crippen molar-refractivity contribution in [3.8, 4) is 22.5 Å². The Morgan fingerprint density at radius 1 is 1.00 bits per heavy atom. The molecule has 2 heterocycles. The van der Waals surface area contributed by atoms with Gasteiger partial charge in [-0.3, -0.25) is 4.79 Å². The van der Waals surface area contributed by atoms with Gasteiger partial charge in [-0.25, -0.2) is 0 Å². The van der Waals surface area contributed by atoms with E-state index in [-0.39, 0.29) is 11.7 Å². The van der Waals surface area contributed by atoms with E-state index in [0.717, 1.165) is 52.7 Å². The van der Waals surface area contributed by atoms with Crippen molar-refractivity contribution in [2.45, 2.75) is 59.2 Å². The summed E-state index contributed by atoms with van der Waals surface area (Å²) in [6, 6.07) is 14.8. The van der Waals surface area contributed by atoms with Crippen molar-refractivity contribution in [3.05, 3.63) is 69.4 Å². The second-order valence-electron chi connectivity index (χ2n) is 8.49. The highest BCUT2D eigenvalue weighted by atomic mass is 32.2. The molecule has 0 radical (unpaired) electrons. The summed E-state index contributed by atoms with van der Waals surface area (Å²) >= 11 is 3.16. The molecule has 0 saturated heterocycles. The minimum absolute atomic E-state index is 0.0236. The third-order valence-electron chi connectivity index (χ3n) is 6.18. The highest BCUT2D eigenvalue weighted by Crippen LogP contribution is 2.39. The number of nitrogens with zero attached hydrogens (tertiary/aromatic N) is 3. The van der Waals surface area contributed by atoms with Gasteiger partial charge in [-0.2, -0.15) is 0 Å². The van der Waals surface area contributed by atoms with E-state index in [2.05, 4.69) is 103 Å². The molecular formula is C28H32N4OS2. The predicted octanol–water partition coefficient (Wildman–Crippen LogP) is 7.17. The lowest BCUT2D eigenvalue weighted by Gasteiger charge is -2.14. The minimum Gasteiger partial charge on any atom is -0.325 e. The molecule has 0 aliphatic rings. The van der Waals surface area contributed by atoms with Crippen LogP contribution in [0.15, 0.2) is 53.0 Å². The fourth-order valence-electron chi connectivity index (χ4n) is 4.29. The molecule has 0 unspecified atom stereocenters. The molecule has 2 aromatic heterocycles. The number of benzene rings is 2. The van der Waals surface area contributed by atoms with Crippen LogP contribution in [0, 0.1) is 13.8 Å². The molecular weight excluding hydrogens is 472 g/mol. The third-order valence-corrected chi connectivity index (χ3v) is 8.06. The van der Waals surface area contributed by atoms with Crippen molar-refractivity contribution < 1.29 is 4.79 Å². The lowest BCUT2D eigenvalue weighted by Crippen LogP contribution is -2.17. The highest BCUT2D eigenvalue weighted by molar-refractivity contribution is 7.99. The predicted molar refractivity (Wildman–Crippen MR) is 148 cm³/mol. The van der Waals surface area contributed by atoms with Crippen LogP contribution in [0.4, 0.5) is 5.69 Å². The number of amides is 1. The number of thiophene rings is 1. The Morgan fingerprint density at radius 3 is 2.31 bits per heavy atom. The average Bonchev–Trinajstić information content (AvgIpc) is 3.45. The van der Waals surface area contributed by atoms with Crippen molar-refractivity contribution in [3.63, 3.8) is 0 Å². The van der Waals surface area contributed by atoms with Crippen LogP contribution in [-0.2, 0) is 24.2 Å². The lowest BCUT2D eigenvalue weighted by atomic mass is 10.0. The summed E-state index contributed by atoms with van der Waals surface area (Å²) < 4.78 is 2.11. The van der Waals surface area contributed by atoms with Gasteiger partial charge in [0, 0.05) is 33.6 Å². The van der Waals surface area contributed by atoms with Gasteiger partial charge in [0.05, 0.1) is 5.75 Å². The van der Waals surface area contributed by atoms with Crippen LogP contribution in [0.1, 0.15) is 42.3 Å². The maximum Gasteiger partial charge on any atom is 0.234 e. The second kappa shape index (κ2) is 11.2. The van der Waals surface area contributed by atoms with Crippen molar-refractivity contribution >= 4 is 34.7 Å². The summed E-state index contributed by atoms with van der Waals surface area (Å²) in [6.07, 6.45) is 1.76. The van der Waals surface area contributed by atoms with Crippen LogP contribution >= 0.6 is 23.1 Å². The highest BCUT2D eigenvalue weighted by Gasteiger charge is 2.21. The fraction of sp³-hybridized carbons (Fsp3) is 0.321. The summed E-state index contributed by atoms with van der Waals surface area (Å²) in [5.41, 5.74) is 8.00. The molecule has 4 rings (SSSR count). The summed E-state index contributed by atoms with van der Waals surface area (Å²) in [5.74, 6) is 1.11. The Hall–Kier alpha value is -2.90. The molecule has 0 fully saturated rings. The molecule has 35 heavy (non-hydrogen) atoms. The SMILES string of the molecule is CCc1cccc(CC)c1NC(=O)CSc1nnc(-c2csc(C)c2-c2ccc(C)cc2)n1CC. The zero-order valence-corrected chi connectivity index (χ0v) is 22.6. The van der Waals surface area contributed by atoms with Gasteiger partial charge in [0.25, 0.3) is 0 Å². The number of aromatic nitrogens is 3. The van der Waals surface area contributed by atoms with Crippen LogP contribution in [0.3, 0.4) is 0 Å². The quantitative estimate of drug-likeness (QED) is 0.246. The van der Waals surface area contributed by atoms with Gasteiger partial charge in [0.2, 0.25) is 5.91 Å². The first-order chi connectivity index (χ1) is 17.0. The van der Waals surface area contributed by atoms with Crippen LogP contribution in [0.25, 0.3) is 22.5 Å². The number of hydrogen-bond acceptors (Lipinski definition) is 5. The maximum absolute atomic E-state index is 12.9. The van der Waals surface area contributed by atoms with Gasteiger partial charge in [-0.1, -0.05) is 73.6 Å². The summed E-state index contributed by atoms with van der Waals surface area (Å²) in [5, 5.41) is 15.1. The standard InChI is InChI=1S/C28H32N4OS2/c1-6-20-10-9-11-21(7-2)26(20)29-24(33)17-35-28-31-30-27(32(28)8-3)23-16-34-19(5)25(23)22-14-12-18(4)13-15-22/h9-16H,6-8,17H2,1-5H3,(H,29,33). The van der Waals surface area contributed by atoms with E-state index >= 15 is 0 Å². The van der Waals surface area contributed by atoms with Crippen molar-refractivity contribution in [1.29, 1.82) is 0 Å². The van der Waals surface area contributed by atoms with Crippen molar-refractivity contribution in [2.24, 2.45) is 0 Å². The summed E-state index contributed by atoms with van der Waals surface area (Å²) in [4.78, 5) is 14.1. The number of carbonyl (C=O) groups excluding carboxylic acids is 1. The molecule has 7 heteroatoms. The largest absolute Gasteiger partial charge is 0.325 e. The van der Waals surface area contributed by atoms with E-state index in [9.17, 15) is 4.79 Å². The molecule has 0 atom stereocenters. The number of rotatable bonds is 9. The summed E-state index contributed by atoms with van der Waals surface area (Å²) in [6.45, 7) is 11.3. The Labute approximate surface area is 216 Å². The first-order valence-corrected chi connectivity index (χ1v) is 13.9. The minimum atomic E-state index is -0.0236. The Balaban J connectivity index is 1.55. The van der Waals surface area contributed by atoms with E-state index in [1.807, 2.05) is 0 Å². The number of nitrogens with one attached hydrogen (secondary N) is 1. The van der Waals surface area contributed by atoms with Gasteiger partial charge in [-0.15, -0.1) is 21.5 Å². The number of para-hydroxylation sites is 1. The zero-order chi connectivity index (χ0) is 24.9. The second-order valence-corrected chi connectivity index (χ2v) is 10.5. The van der Waals surface area contributed by atoms with E-state index in [4.69, 9.17) is 0 Å². The van der Waals surface area contributed by atoms with E-state index < -0.39 is 0 Å². The molecule has 2 aromatic carbocycles. The molecule has 0 bridgehead atoms. The van der Waals surface area contributed by atoms with Crippen LogP contribution in [0.2, 0.25) is 0 Å². The number of aryl methyl sites for hydroxylation is 4. The molecule has 0 spiro atoms. The molecule has 182 valence electrons. The zero-order valence-electron chi connectivity index (χ0n) is 21.0. The van der Waals surface area contributed by atoms with E-state index in [1.165, 1.54) is 33.3 Å². The first-order valence-electron chi connectivity index (χ1n) is 12.1. The van der Waals surface area contributed by atoms with Crippen LogP contribution in [0.5, 0.6) is 0 Å². The Bertz CT molecular complexity index is 1300. The van der Waals surface area contributed by atoms with Gasteiger partial charge in [0.1, 0.15) is 0 Å². The molecule has 1 amide bonds. The van der Waals surface area contributed by atoms with Gasteiger partial charge >= 0.3 is 0 Å². The van der Waals surface area contributed by atoms with Gasteiger partial charge in [-0.05, 0) is 50.3 Å². The van der Waals surface area contributed by atoms with Gasteiger partial charge < -0.3 is 9.88 Å². The number of hydrogen-bond donors (Lipinski definition) is 1. The van der Waals surface area contributed by atoms with Crippen LogP contribution in [-0.4, -0.2) is 26.4 Å². The topological polar surface area (TPSA) is 59.8 Å². The normalized spacial score (nSPS) is 11.1. The third kappa shape index (κ3) is 5.36. The molecule has 0 aliphatic carbocycles. The fourth-order valence-corrected chi connectivity index (χ4v) is 5.95. The average molecular weight is 505 g/mol. The molecule has 0 aliphatic heterocycles. The maximum atomic E-state index is 12.9. The van der Waals surface area contributed by atoms with E-state index in [0.29, 0.717) is 0 Å². The van der Waals surface area contributed by atoms with Crippen LogP contribution < -0.4 is 5.32 Å². The number of thioether (sulfide) groups is 1. The molecule has 4 aromatic rings. The number of anilines is 1. The molecule has 1 N–H and O–H groups in total. The first kappa shape index (κ1) is 25.2. The number of carbonyl (C=O) groups is 1. The molecule has 5 nitrogen and oxygen atoms in total. The summed E-state index contributed by atoms with van der Waals surface area (Å²) in [7, 11) is 0. The molecule has 0 saturated carbocycles. The monoisotopic (exact) mass is 504 g/mol. The van der Waals surface area contributed by atoms with Crippen molar-refractivity contribution in [1.82, 2.24) is 14.8 Å². The Morgan fingerprint density at radius 2 is 1.69 bits per heavy atom.